The Morgan fingerprint density at radius 1 is 1.04 bits per heavy atom. The van der Waals surface area contributed by atoms with Crippen molar-refractivity contribution in [1.29, 1.82) is 0 Å². The number of Topliss-reactive ketones (excluding diaryl/α,β-unsaturated/α-hetero) is 1. The predicted octanol–water partition coefficient (Wildman–Crippen LogP) is 3.56. The van der Waals surface area contributed by atoms with E-state index < -0.39 is 11.5 Å². The quantitative estimate of drug-likeness (QED) is 0.591. The van der Waals surface area contributed by atoms with E-state index >= 15 is 0 Å². The molecule has 1 N–H and O–H groups in total. The lowest BCUT2D eigenvalue weighted by molar-refractivity contribution is 0.100. The van der Waals surface area contributed by atoms with Gasteiger partial charge in [-0.3, -0.25) is 9.59 Å². The van der Waals surface area contributed by atoms with Crippen molar-refractivity contribution in [3.05, 3.63) is 75.6 Å². The van der Waals surface area contributed by atoms with Gasteiger partial charge in [0.1, 0.15) is 11.1 Å². The molecule has 2 aromatic carbocycles. The Labute approximate surface area is 137 Å². The fourth-order valence-corrected chi connectivity index (χ4v) is 2.39. The molecule has 0 atom stereocenters. The maximum atomic E-state index is 12.5. The molecule has 1 heterocycles. The standard InChI is InChI=1S/C19H15NO4/c1-11-7-8-13(12(2)21)10-16(11)20-18(22)15-9-14-5-3-4-6-17(14)24-19(15)23/h3-10H,1-2H3,(H,20,22). The molecule has 0 fully saturated rings. The van der Waals surface area contributed by atoms with E-state index in [-0.39, 0.29) is 11.3 Å². The number of aryl methyl sites for hydroxylation is 1. The molecule has 1 aromatic heterocycles. The third-order valence-corrected chi connectivity index (χ3v) is 3.78. The number of hydrogen-bond acceptors (Lipinski definition) is 4. The van der Waals surface area contributed by atoms with E-state index in [0.717, 1.165) is 5.56 Å². The van der Waals surface area contributed by atoms with Gasteiger partial charge in [0.2, 0.25) is 0 Å². The first-order valence-corrected chi connectivity index (χ1v) is 7.41. The van der Waals surface area contributed by atoms with Crippen molar-refractivity contribution in [2.75, 3.05) is 5.32 Å². The molecule has 3 rings (SSSR count). The van der Waals surface area contributed by atoms with Crippen LogP contribution in [0, 0.1) is 6.92 Å². The lowest BCUT2D eigenvalue weighted by Crippen LogP contribution is -2.21. The van der Waals surface area contributed by atoms with Gasteiger partial charge >= 0.3 is 5.63 Å². The number of para-hydroxylation sites is 1. The van der Waals surface area contributed by atoms with Gasteiger partial charge in [-0.05, 0) is 37.6 Å². The van der Waals surface area contributed by atoms with Crippen molar-refractivity contribution < 1.29 is 14.0 Å². The van der Waals surface area contributed by atoms with Crippen molar-refractivity contribution in [3.8, 4) is 0 Å². The van der Waals surface area contributed by atoms with Crippen molar-refractivity contribution in [2.45, 2.75) is 13.8 Å². The highest BCUT2D eigenvalue weighted by Gasteiger charge is 2.15. The van der Waals surface area contributed by atoms with Gasteiger partial charge < -0.3 is 9.73 Å². The maximum Gasteiger partial charge on any atom is 0.349 e. The Bertz CT molecular complexity index is 1020. The number of ketones is 1. The summed E-state index contributed by atoms with van der Waals surface area (Å²) in [5.41, 5.74) is 1.40. The van der Waals surface area contributed by atoms with E-state index in [9.17, 15) is 14.4 Å². The zero-order valence-corrected chi connectivity index (χ0v) is 13.3. The van der Waals surface area contributed by atoms with Gasteiger partial charge in [0.15, 0.2) is 5.78 Å². The topological polar surface area (TPSA) is 76.4 Å². The minimum absolute atomic E-state index is 0.0821. The number of amides is 1. The summed E-state index contributed by atoms with van der Waals surface area (Å²) in [6.45, 7) is 3.26. The summed E-state index contributed by atoms with van der Waals surface area (Å²) in [4.78, 5) is 36.0. The van der Waals surface area contributed by atoms with Gasteiger partial charge in [0, 0.05) is 16.6 Å². The Morgan fingerprint density at radius 3 is 2.54 bits per heavy atom. The molecular formula is C19H15NO4. The van der Waals surface area contributed by atoms with Crippen LogP contribution in [0.4, 0.5) is 5.69 Å². The molecule has 0 bridgehead atoms. The Kier molecular flexibility index (Phi) is 4.00. The van der Waals surface area contributed by atoms with E-state index in [4.69, 9.17) is 4.42 Å². The second kappa shape index (κ2) is 6.12. The lowest BCUT2D eigenvalue weighted by Gasteiger charge is -2.09. The van der Waals surface area contributed by atoms with Crippen LogP contribution in [0.25, 0.3) is 11.0 Å². The van der Waals surface area contributed by atoms with Crippen LogP contribution in [0.5, 0.6) is 0 Å². The van der Waals surface area contributed by atoms with Crippen LogP contribution in [-0.4, -0.2) is 11.7 Å². The Morgan fingerprint density at radius 2 is 1.79 bits per heavy atom. The number of fused-ring (bicyclic) bond motifs is 1. The second-order valence-corrected chi connectivity index (χ2v) is 5.53. The van der Waals surface area contributed by atoms with Gasteiger partial charge in [-0.15, -0.1) is 0 Å². The highest BCUT2D eigenvalue weighted by molar-refractivity contribution is 6.06. The average molecular weight is 321 g/mol. The third kappa shape index (κ3) is 2.96. The summed E-state index contributed by atoms with van der Waals surface area (Å²) in [6.07, 6.45) is 0. The number of carbonyl (C=O) groups excluding carboxylic acids is 2. The molecule has 3 aromatic rings. The van der Waals surface area contributed by atoms with Crippen LogP contribution in [-0.2, 0) is 0 Å². The first-order chi connectivity index (χ1) is 11.5. The van der Waals surface area contributed by atoms with Crippen molar-refractivity contribution in [2.24, 2.45) is 0 Å². The summed E-state index contributed by atoms with van der Waals surface area (Å²) in [6, 6.07) is 13.5. The van der Waals surface area contributed by atoms with Gasteiger partial charge in [0.25, 0.3) is 5.91 Å². The number of benzene rings is 2. The van der Waals surface area contributed by atoms with Crippen LogP contribution in [0.3, 0.4) is 0 Å². The molecule has 0 unspecified atom stereocenters. The van der Waals surface area contributed by atoms with Crippen LogP contribution in [0.1, 0.15) is 33.2 Å². The molecule has 120 valence electrons. The maximum absolute atomic E-state index is 12.5. The molecule has 24 heavy (non-hydrogen) atoms. The minimum Gasteiger partial charge on any atom is -0.422 e. The SMILES string of the molecule is CC(=O)c1ccc(C)c(NC(=O)c2cc3ccccc3oc2=O)c1. The van der Waals surface area contributed by atoms with E-state index in [1.807, 2.05) is 6.92 Å². The summed E-state index contributed by atoms with van der Waals surface area (Å²) in [5, 5.41) is 3.34. The number of rotatable bonds is 3. The molecule has 0 saturated heterocycles. The Balaban J connectivity index is 1.99. The average Bonchev–Trinajstić information content (AvgIpc) is 2.55. The fourth-order valence-electron chi connectivity index (χ4n) is 2.39. The van der Waals surface area contributed by atoms with E-state index in [1.165, 1.54) is 13.0 Å². The minimum atomic E-state index is -0.702. The van der Waals surface area contributed by atoms with Gasteiger partial charge in [-0.25, -0.2) is 4.79 Å². The van der Waals surface area contributed by atoms with Crippen molar-refractivity contribution in [3.63, 3.8) is 0 Å². The third-order valence-electron chi connectivity index (χ3n) is 3.78. The summed E-state index contributed by atoms with van der Waals surface area (Å²) in [5.74, 6) is -0.672. The van der Waals surface area contributed by atoms with Crippen LogP contribution in [0.2, 0.25) is 0 Å². The zero-order valence-electron chi connectivity index (χ0n) is 13.3. The van der Waals surface area contributed by atoms with Crippen LogP contribution in [0.15, 0.2) is 57.7 Å². The smallest absolute Gasteiger partial charge is 0.349 e. The molecule has 0 saturated carbocycles. The van der Waals surface area contributed by atoms with E-state index in [2.05, 4.69) is 5.32 Å². The molecule has 0 aliphatic rings. The molecule has 0 radical (unpaired) electrons. The van der Waals surface area contributed by atoms with Gasteiger partial charge in [0.05, 0.1) is 0 Å². The van der Waals surface area contributed by atoms with Crippen molar-refractivity contribution in [1.82, 2.24) is 0 Å². The van der Waals surface area contributed by atoms with Gasteiger partial charge in [-0.2, -0.15) is 0 Å². The Hall–Kier alpha value is -3.21. The molecule has 0 aliphatic carbocycles. The normalized spacial score (nSPS) is 10.6. The number of nitrogens with one attached hydrogen (secondary N) is 1. The molecular weight excluding hydrogens is 306 g/mol. The van der Waals surface area contributed by atoms with Crippen LogP contribution < -0.4 is 10.9 Å². The first kappa shape index (κ1) is 15.7. The highest BCUT2D eigenvalue weighted by Crippen LogP contribution is 2.19. The molecule has 5 nitrogen and oxygen atoms in total. The number of anilines is 1. The number of carbonyl (C=O) groups is 2. The summed E-state index contributed by atoms with van der Waals surface area (Å²) < 4.78 is 5.17. The fraction of sp³-hybridized carbons (Fsp3) is 0.105. The zero-order chi connectivity index (χ0) is 17.3. The number of hydrogen-bond donors (Lipinski definition) is 1. The second-order valence-electron chi connectivity index (χ2n) is 5.53. The van der Waals surface area contributed by atoms with Gasteiger partial charge in [-0.1, -0.05) is 30.3 Å². The summed E-state index contributed by atoms with van der Waals surface area (Å²) in [7, 11) is 0. The van der Waals surface area contributed by atoms with E-state index in [1.54, 1.807) is 42.5 Å². The van der Waals surface area contributed by atoms with E-state index in [0.29, 0.717) is 22.2 Å². The molecule has 5 heteroatoms. The molecule has 0 aliphatic heterocycles. The summed E-state index contributed by atoms with van der Waals surface area (Å²) >= 11 is 0. The lowest BCUT2D eigenvalue weighted by atomic mass is 10.1. The highest BCUT2D eigenvalue weighted by atomic mass is 16.4. The monoisotopic (exact) mass is 321 g/mol. The predicted molar refractivity (Wildman–Crippen MR) is 91.6 cm³/mol. The molecule has 1 amide bonds. The first-order valence-electron chi connectivity index (χ1n) is 7.41. The van der Waals surface area contributed by atoms with Crippen LogP contribution >= 0.6 is 0 Å². The molecule has 0 spiro atoms. The largest absolute Gasteiger partial charge is 0.422 e. The van der Waals surface area contributed by atoms with Crippen molar-refractivity contribution >= 4 is 28.3 Å².